The molecule has 0 N–H and O–H groups in total. The molecule has 0 unspecified atom stereocenters. The van der Waals surface area contributed by atoms with Gasteiger partial charge in [-0.3, -0.25) is 0 Å². The third-order valence-electron chi connectivity index (χ3n) is 14.1. The maximum atomic E-state index is 6.73. The van der Waals surface area contributed by atoms with Gasteiger partial charge in [-0.2, -0.15) is 0 Å². The summed E-state index contributed by atoms with van der Waals surface area (Å²) in [5.74, 6) is 5.22. The normalized spacial score (nSPS) is 24.4. The van der Waals surface area contributed by atoms with Gasteiger partial charge < -0.3 is 9.15 Å². The van der Waals surface area contributed by atoms with Crippen LogP contribution in [0.25, 0.3) is 77.2 Å². The van der Waals surface area contributed by atoms with Crippen molar-refractivity contribution in [2.45, 2.75) is 37.5 Å². The van der Waals surface area contributed by atoms with Gasteiger partial charge in [-0.1, -0.05) is 97.1 Å². The Balaban J connectivity index is 0.973. The number of para-hydroxylation sites is 1. The van der Waals surface area contributed by atoms with Crippen LogP contribution in [0.3, 0.4) is 0 Å². The van der Waals surface area contributed by atoms with Crippen LogP contribution in [0.1, 0.15) is 43.2 Å². The lowest BCUT2D eigenvalue weighted by Crippen LogP contribution is -2.55. The highest BCUT2D eigenvalue weighted by Gasteiger charge is 2.61. The average Bonchev–Trinajstić information content (AvgIpc) is 3.71. The summed E-state index contributed by atoms with van der Waals surface area (Å²) in [6.45, 7) is 0. The van der Waals surface area contributed by atoms with E-state index in [9.17, 15) is 0 Å². The molecule has 1 spiro atoms. The van der Waals surface area contributed by atoms with Crippen LogP contribution in [0.15, 0.2) is 138 Å². The molecule has 52 heavy (non-hydrogen) atoms. The number of benzene rings is 7. The fourth-order valence-corrected chi connectivity index (χ4v) is 12.4. The Kier molecular flexibility index (Phi) is 5.30. The van der Waals surface area contributed by atoms with E-state index < -0.39 is 0 Å². The van der Waals surface area contributed by atoms with Gasteiger partial charge in [0.25, 0.3) is 0 Å². The molecule has 7 aromatic carbocycles. The highest BCUT2D eigenvalue weighted by Crippen LogP contribution is 2.69. The minimum atomic E-state index is 0.163. The number of hydrogen-bond donors (Lipinski definition) is 0. The average molecular weight is 669 g/mol. The molecule has 14 rings (SSSR count). The Morgan fingerprint density at radius 1 is 0.423 bits per heavy atom. The van der Waals surface area contributed by atoms with Crippen LogP contribution < -0.4 is 4.74 Å². The van der Waals surface area contributed by atoms with E-state index in [0.29, 0.717) is 0 Å². The molecular formula is C50H36O2. The Hall–Kier alpha value is -5.60. The van der Waals surface area contributed by atoms with E-state index in [4.69, 9.17) is 9.15 Å². The number of fused-ring (bicyclic) bond motifs is 8. The fourth-order valence-electron chi connectivity index (χ4n) is 12.4. The summed E-state index contributed by atoms with van der Waals surface area (Å²) >= 11 is 0. The van der Waals surface area contributed by atoms with Crippen LogP contribution in [0.4, 0.5) is 0 Å². The number of furan rings is 1. The molecule has 2 heterocycles. The zero-order valence-electron chi connectivity index (χ0n) is 28.9. The highest BCUT2D eigenvalue weighted by atomic mass is 16.5. The van der Waals surface area contributed by atoms with Crippen molar-refractivity contribution < 1.29 is 9.15 Å². The monoisotopic (exact) mass is 668 g/mol. The van der Waals surface area contributed by atoms with Crippen LogP contribution >= 0.6 is 0 Å². The third kappa shape index (κ3) is 3.46. The molecule has 6 aliphatic rings. The van der Waals surface area contributed by atoms with Crippen molar-refractivity contribution in [3.63, 3.8) is 0 Å². The first-order chi connectivity index (χ1) is 25.7. The lowest BCUT2D eigenvalue weighted by molar-refractivity contribution is -0.0399. The lowest BCUT2D eigenvalue weighted by Gasteiger charge is -2.61. The van der Waals surface area contributed by atoms with Gasteiger partial charge in [0.05, 0.1) is 0 Å². The van der Waals surface area contributed by atoms with Crippen molar-refractivity contribution in [1.29, 1.82) is 0 Å². The summed E-state index contributed by atoms with van der Waals surface area (Å²) in [4.78, 5) is 0. The Morgan fingerprint density at radius 2 is 1.06 bits per heavy atom. The second kappa shape index (κ2) is 9.83. The van der Waals surface area contributed by atoms with E-state index in [2.05, 4.69) is 127 Å². The smallest absolute Gasteiger partial charge is 0.136 e. The maximum Gasteiger partial charge on any atom is 0.136 e. The summed E-state index contributed by atoms with van der Waals surface area (Å²) < 4.78 is 13.0. The molecule has 2 nitrogen and oxygen atoms in total. The molecule has 1 aromatic heterocycles. The van der Waals surface area contributed by atoms with Gasteiger partial charge in [-0.25, -0.2) is 0 Å². The van der Waals surface area contributed by atoms with Crippen molar-refractivity contribution in [3.8, 4) is 56.0 Å². The van der Waals surface area contributed by atoms with E-state index in [-0.39, 0.29) is 5.41 Å². The number of hydrogen-bond acceptors (Lipinski definition) is 2. The molecular weight excluding hydrogens is 633 g/mol. The van der Waals surface area contributed by atoms with Crippen molar-refractivity contribution in [2.75, 3.05) is 0 Å². The van der Waals surface area contributed by atoms with E-state index in [1.165, 1.54) is 81.8 Å². The summed E-state index contributed by atoms with van der Waals surface area (Å²) in [5, 5.41) is 4.68. The number of ether oxygens (including phenoxy) is 1. The van der Waals surface area contributed by atoms with Crippen molar-refractivity contribution in [1.82, 2.24) is 0 Å². The van der Waals surface area contributed by atoms with Crippen LogP contribution in [-0.4, -0.2) is 0 Å². The third-order valence-corrected chi connectivity index (χ3v) is 14.1. The molecule has 1 aliphatic heterocycles. The predicted octanol–water partition coefficient (Wildman–Crippen LogP) is 13.6. The fraction of sp³-hybridized carbons (Fsp3) is 0.200. The van der Waals surface area contributed by atoms with Gasteiger partial charge in [-0.15, -0.1) is 0 Å². The minimum absolute atomic E-state index is 0.163. The van der Waals surface area contributed by atoms with Crippen molar-refractivity contribution >= 4 is 32.7 Å². The summed E-state index contributed by atoms with van der Waals surface area (Å²) in [7, 11) is 0. The molecule has 4 saturated carbocycles. The van der Waals surface area contributed by atoms with E-state index in [1.807, 2.05) is 6.07 Å². The van der Waals surface area contributed by atoms with Crippen LogP contribution in [0, 0.1) is 23.7 Å². The molecule has 8 aromatic rings. The molecule has 0 radical (unpaired) electrons. The second-order valence-corrected chi connectivity index (χ2v) is 16.4. The maximum absolute atomic E-state index is 6.73. The van der Waals surface area contributed by atoms with E-state index in [1.54, 1.807) is 11.1 Å². The molecule has 0 amide bonds. The van der Waals surface area contributed by atoms with Crippen LogP contribution in [0.2, 0.25) is 0 Å². The van der Waals surface area contributed by atoms with Gasteiger partial charge in [0.2, 0.25) is 0 Å². The number of rotatable bonds is 2. The molecule has 0 saturated heterocycles. The molecule has 4 fully saturated rings. The van der Waals surface area contributed by atoms with Gasteiger partial charge in [0, 0.05) is 27.1 Å². The molecule has 2 heteroatoms. The Morgan fingerprint density at radius 3 is 1.94 bits per heavy atom. The standard InChI is InChI=1S/C50H36O2/c1-3-12-42-35(7-1)36-17-15-31(27-43(36)50(42)32-22-28-21-29(24-32)25-33(50)23-28)30-16-19-45-41(26-30)39-10-5-9-37-34(18-20-47(52-45)48(37)39)38-11-6-14-46-49(38)40-8-2-4-13-44(40)51-46/h1-20,26-29,32-33H,21-25H2. The molecule has 0 atom stereocenters. The first-order valence-electron chi connectivity index (χ1n) is 19.3. The summed E-state index contributed by atoms with van der Waals surface area (Å²) in [6, 6.07) is 49.6. The zero-order chi connectivity index (χ0) is 33.7. The SMILES string of the molecule is c1ccc2c(c1)-c1ccc(-c3ccc4c(c3)-c3cccc5c(-c6cccc7oc8ccccc8c67)ccc(c35)O4)cc1C21C2CC3CC(C2)CC1C3. The van der Waals surface area contributed by atoms with Gasteiger partial charge in [0.1, 0.15) is 22.7 Å². The van der Waals surface area contributed by atoms with E-state index in [0.717, 1.165) is 62.7 Å². The second-order valence-electron chi connectivity index (χ2n) is 16.4. The highest BCUT2D eigenvalue weighted by molar-refractivity contribution is 6.17. The first kappa shape index (κ1) is 28.0. The van der Waals surface area contributed by atoms with Gasteiger partial charge in [-0.05, 0) is 148 Å². The quantitative estimate of drug-likeness (QED) is 0.183. The van der Waals surface area contributed by atoms with E-state index >= 15 is 0 Å². The van der Waals surface area contributed by atoms with Crippen LogP contribution in [0.5, 0.6) is 11.5 Å². The minimum Gasteiger partial charge on any atom is -0.456 e. The van der Waals surface area contributed by atoms with Crippen LogP contribution in [-0.2, 0) is 5.41 Å². The van der Waals surface area contributed by atoms with Crippen molar-refractivity contribution in [2.24, 2.45) is 23.7 Å². The Bertz CT molecular complexity index is 2820. The predicted molar refractivity (Wildman–Crippen MR) is 211 cm³/mol. The topological polar surface area (TPSA) is 22.4 Å². The van der Waals surface area contributed by atoms with Crippen molar-refractivity contribution in [3.05, 3.63) is 145 Å². The zero-order valence-corrected chi connectivity index (χ0v) is 28.9. The summed E-state index contributed by atoms with van der Waals surface area (Å²) in [6.07, 6.45) is 7.08. The van der Waals surface area contributed by atoms with Gasteiger partial charge in [0.15, 0.2) is 0 Å². The van der Waals surface area contributed by atoms with Gasteiger partial charge >= 0.3 is 0 Å². The molecule has 4 bridgehead atoms. The largest absolute Gasteiger partial charge is 0.456 e. The lowest BCUT2D eigenvalue weighted by atomic mass is 9.43. The summed E-state index contributed by atoms with van der Waals surface area (Å²) in [5.41, 5.74) is 15.5. The molecule has 5 aliphatic carbocycles. The Labute approximate surface area is 302 Å². The first-order valence-corrected chi connectivity index (χ1v) is 19.3. The molecule has 248 valence electrons.